The zero-order valence-corrected chi connectivity index (χ0v) is 11.1. The molecule has 6 heteroatoms. The Labute approximate surface area is 116 Å². The molecule has 0 saturated heterocycles. The second-order valence-electron chi connectivity index (χ2n) is 4.99. The van der Waals surface area contributed by atoms with Crippen LogP contribution in [0.2, 0.25) is 0 Å². The molecule has 3 N–H and O–H groups in total. The van der Waals surface area contributed by atoms with Gasteiger partial charge in [0.1, 0.15) is 12.4 Å². The van der Waals surface area contributed by atoms with Crippen LogP contribution in [0.3, 0.4) is 0 Å². The number of hydrogen-bond donors (Lipinski definition) is 2. The number of nitrogens with two attached hydrogens (primary N) is 1. The van der Waals surface area contributed by atoms with Crippen LogP contribution in [0.4, 0.5) is 8.78 Å². The van der Waals surface area contributed by atoms with Gasteiger partial charge in [-0.05, 0) is 31.4 Å². The molecule has 1 aromatic carbocycles. The van der Waals surface area contributed by atoms with Crippen LogP contribution in [0.15, 0.2) is 18.2 Å². The summed E-state index contributed by atoms with van der Waals surface area (Å²) in [6, 6.07) is 3.44. The standard InChI is InChI=1S/C14H18F2N2O2/c15-12-4-3-11(8-13(12)16)20-6-5-18-14(19)9-1-2-10(17)7-9/h3-4,8-10H,1-2,5-7,17H2,(H,18,19). The molecule has 1 aromatic rings. The molecule has 0 radical (unpaired) electrons. The first-order chi connectivity index (χ1) is 9.56. The molecular formula is C14H18F2N2O2. The lowest BCUT2D eigenvalue weighted by Crippen LogP contribution is -2.33. The van der Waals surface area contributed by atoms with Gasteiger partial charge in [-0.3, -0.25) is 4.79 Å². The van der Waals surface area contributed by atoms with Crippen molar-refractivity contribution in [3.05, 3.63) is 29.8 Å². The van der Waals surface area contributed by atoms with Gasteiger partial charge in [-0.1, -0.05) is 0 Å². The van der Waals surface area contributed by atoms with Gasteiger partial charge >= 0.3 is 0 Å². The summed E-state index contributed by atoms with van der Waals surface area (Å²) in [6.07, 6.45) is 2.41. The fourth-order valence-electron chi connectivity index (χ4n) is 2.31. The van der Waals surface area contributed by atoms with Crippen LogP contribution in [-0.4, -0.2) is 25.1 Å². The molecule has 0 heterocycles. The molecule has 1 aliphatic carbocycles. The number of rotatable bonds is 5. The van der Waals surface area contributed by atoms with E-state index >= 15 is 0 Å². The minimum atomic E-state index is -0.952. The summed E-state index contributed by atoms with van der Waals surface area (Å²) in [4.78, 5) is 11.8. The van der Waals surface area contributed by atoms with E-state index in [2.05, 4.69) is 5.32 Å². The van der Waals surface area contributed by atoms with E-state index in [9.17, 15) is 13.6 Å². The van der Waals surface area contributed by atoms with E-state index in [4.69, 9.17) is 10.5 Å². The van der Waals surface area contributed by atoms with Crippen molar-refractivity contribution in [2.45, 2.75) is 25.3 Å². The Hall–Kier alpha value is -1.69. The van der Waals surface area contributed by atoms with Gasteiger partial charge in [0.25, 0.3) is 0 Å². The van der Waals surface area contributed by atoms with Crippen LogP contribution in [0.25, 0.3) is 0 Å². The van der Waals surface area contributed by atoms with Gasteiger partial charge in [-0.15, -0.1) is 0 Å². The number of benzene rings is 1. The molecule has 110 valence electrons. The second kappa shape index (κ2) is 6.65. The highest BCUT2D eigenvalue weighted by Gasteiger charge is 2.27. The molecule has 1 saturated carbocycles. The van der Waals surface area contributed by atoms with Crippen molar-refractivity contribution >= 4 is 5.91 Å². The number of carbonyl (C=O) groups excluding carboxylic acids is 1. The van der Waals surface area contributed by atoms with Crippen LogP contribution >= 0.6 is 0 Å². The lowest BCUT2D eigenvalue weighted by atomic mass is 10.1. The molecule has 2 atom stereocenters. The fraction of sp³-hybridized carbons (Fsp3) is 0.500. The van der Waals surface area contributed by atoms with Crippen LogP contribution in [0.5, 0.6) is 5.75 Å². The highest BCUT2D eigenvalue weighted by atomic mass is 19.2. The molecule has 1 aliphatic rings. The highest BCUT2D eigenvalue weighted by Crippen LogP contribution is 2.23. The molecule has 4 nitrogen and oxygen atoms in total. The van der Waals surface area contributed by atoms with Gasteiger partial charge in [0.15, 0.2) is 11.6 Å². The van der Waals surface area contributed by atoms with Gasteiger partial charge in [-0.2, -0.15) is 0 Å². The van der Waals surface area contributed by atoms with Crippen molar-refractivity contribution in [2.75, 3.05) is 13.2 Å². The number of amides is 1. The summed E-state index contributed by atoms with van der Waals surface area (Å²) in [6.45, 7) is 0.527. The maximum absolute atomic E-state index is 12.9. The molecule has 0 aliphatic heterocycles. The first-order valence-corrected chi connectivity index (χ1v) is 6.67. The van der Waals surface area contributed by atoms with Crippen LogP contribution < -0.4 is 15.8 Å². The first-order valence-electron chi connectivity index (χ1n) is 6.67. The zero-order chi connectivity index (χ0) is 14.5. The number of ether oxygens (including phenoxy) is 1. The topological polar surface area (TPSA) is 64.4 Å². The predicted molar refractivity (Wildman–Crippen MR) is 70.2 cm³/mol. The Balaban J connectivity index is 1.68. The SMILES string of the molecule is NC1CCC(C(=O)NCCOc2ccc(F)c(F)c2)C1. The number of nitrogens with one attached hydrogen (secondary N) is 1. The maximum Gasteiger partial charge on any atom is 0.223 e. The summed E-state index contributed by atoms with van der Waals surface area (Å²) in [5, 5.41) is 2.75. The highest BCUT2D eigenvalue weighted by molar-refractivity contribution is 5.78. The third-order valence-corrected chi connectivity index (χ3v) is 3.41. The maximum atomic E-state index is 12.9. The summed E-state index contributed by atoms with van der Waals surface area (Å²) < 4.78 is 30.9. The van der Waals surface area contributed by atoms with E-state index in [0.29, 0.717) is 6.54 Å². The smallest absolute Gasteiger partial charge is 0.223 e. The minimum Gasteiger partial charge on any atom is -0.492 e. The average Bonchev–Trinajstić information content (AvgIpc) is 2.85. The molecule has 1 fully saturated rings. The molecule has 2 rings (SSSR count). The Morgan fingerprint density at radius 3 is 2.80 bits per heavy atom. The summed E-state index contributed by atoms with van der Waals surface area (Å²) in [7, 11) is 0. The molecule has 0 spiro atoms. The monoisotopic (exact) mass is 284 g/mol. The lowest BCUT2D eigenvalue weighted by Gasteiger charge is -2.11. The van der Waals surface area contributed by atoms with Crippen LogP contribution in [0.1, 0.15) is 19.3 Å². The van der Waals surface area contributed by atoms with Crippen molar-refractivity contribution in [1.29, 1.82) is 0 Å². The second-order valence-corrected chi connectivity index (χ2v) is 4.99. The van der Waals surface area contributed by atoms with Crippen molar-refractivity contribution in [1.82, 2.24) is 5.32 Å². The third kappa shape index (κ3) is 3.90. The van der Waals surface area contributed by atoms with E-state index < -0.39 is 11.6 Å². The van der Waals surface area contributed by atoms with E-state index in [0.717, 1.165) is 31.4 Å². The number of halogens is 2. The van der Waals surface area contributed by atoms with Crippen LogP contribution in [0, 0.1) is 17.6 Å². The Kier molecular flexibility index (Phi) is 4.89. The van der Waals surface area contributed by atoms with Crippen molar-refractivity contribution in [3.8, 4) is 5.75 Å². The molecule has 1 amide bonds. The quantitative estimate of drug-likeness (QED) is 0.807. The van der Waals surface area contributed by atoms with E-state index in [-0.39, 0.29) is 30.2 Å². The van der Waals surface area contributed by atoms with Gasteiger partial charge in [0.05, 0.1) is 6.54 Å². The van der Waals surface area contributed by atoms with Gasteiger partial charge in [-0.25, -0.2) is 8.78 Å². The number of hydrogen-bond acceptors (Lipinski definition) is 3. The van der Waals surface area contributed by atoms with Crippen molar-refractivity contribution in [2.24, 2.45) is 11.7 Å². The lowest BCUT2D eigenvalue weighted by molar-refractivity contribution is -0.124. The molecule has 2 unspecified atom stereocenters. The minimum absolute atomic E-state index is 0.0201. The number of carbonyl (C=O) groups is 1. The van der Waals surface area contributed by atoms with E-state index in [1.54, 1.807) is 0 Å². The summed E-state index contributed by atoms with van der Waals surface area (Å²) >= 11 is 0. The van der Waals surface area contributed by atoms with Crippen LogP contribution in [-0.2, 0) is 4.79 Å². The average molecular weight is 284 g/mol. The largest absolute Gasteiger partial charge is 0.492 e. The molecule has 0 bridgehead atoms. The normalized spacial score (nSPS) is 21.8. The Morgan fingerprint density at radius 1 is 1.35 bits per heavy atom. The van der Waals surface area contributed by atoms with Crippen molar-refractivity contribution < 1.29 is 18.3 Å². The molecule has 0 aromatic heterocycles. The summed E-state index contributed by atoms with van der Waals surface area (Å²) in [5.74, 6) is -1.67. The van der Waals surface area contributed by atoms with Gasteiger partial charge < -0.3 is 15.8 Å². The summed E-state index contributed by atoms with van der Waals surface area (Å²) in [5.41, 5.74) is 5.75. The van der Waals surface area contributed by atoms with Gasteiger partial charge in [0, 0.05) is 18.0 Å². The Morgan fingerprint density at radius 2 is 2.15 bits per heavy atom. The van der Waals surface area contributed by atoms with E-state index in [1.807, 2.05) is 0 Å². The van der Waals surface area contributed by atoms with Gasteiger partial charge in [0.2, 0.25) is 5.91 Å². The third-order valence-electron chi connectivity index (χ3n) is 3.41. The fourth-order valence-corrected chi connectivity index (χ4v) is 2.31. The first kappa shape index (κ1) is 14.7. The Bertz CT molecular complexity index is 482. The van der Waals surface area contributed by atoms with Crippen molar-refractivity contribution in [3.63, 3.8) is 0 Å². The zero-order valence-electron chi connectivity index (χ0n) is 11.1. The predicted octanol–water partition coefficient (Wildman–Crippen LogP) is 1.59. The van der Waals surface area contributed by atoms with E-state index in [1.165, 1.54) is 6.07 Å². The molecular weight excluding hydrogens is 266 g/mol. The molecule has 20 heavy (non-hydrogen) atoms.